The van der Waals surface area contributed by atoms with Gasteiger partial charge in [-0.25, -0.2) is 0 Å². The van der Waals surface area contributed by atoms with Gasteiger partial charge >= 0.3 is 0 Å². The van der Waals surface area contributed by atoms with Crippen molar-refractivity contribution in [2.45, 2.75) is 31.6 Å². The van der Waals surface area contributed by atoms with E-state index in [4.69, 9.17) is 0 Å². The van der Waals surface area contributed by atoms with E-state index in [0.29, 0.717) is 0 Å². The van der Waals surface area contributed by atoms with Crippen LogP contribution in [0.4, 0.5) is 17.1 Å². The molecule has 2 heteroatoms. The monoisotopic (exact) mass is 930 g/mol. The first-order valence-electron chi connectivity index (χ1n) is 25.7. The third-order valence-electron chi connectivity index (χ3n) is 16.7. The van der Waals surface area contributed by atoms with Crippen LogP contribution in [0.3, 0.4) is 0 Å². The lowest BCUT2D eigenvalue weighted by Crippen LogP contribution is -2.25. The Kier molecular flexibility index (Phi) is 8.87. The Balaban J connectivity index is 0.863. The lowest BCUT2D eigenvalue weighted by molar-refractivity contribution is 0.660. The molecule has 1 spiro atoms. The number of aromatic nitrogens is 1. The maximum atomic E-state index is 2.48. The summed E-state index contributed by atoms with van der Waals surface area (Å²) in [6, 6.07) is 93.3. The van der Waals surface area contributed by atoms with Crippen LogP contribution in [-0.2, 0) is 10.8 Å². The molecule has 0 aliphatic heterocycles. The second kappa shape index (κ2) is 15.5. The molecule has 15 rings (SSSR count). The lowest BCUT2D eigenvalue weighted by atomic mass is 9.70. The van der Waals surface area contributed by atoms with Crippen molar-refractivity contribution in [2.75, 3.05) is 4.90 Å². The Morgan fingerprint density at radius 2 is 0.726 bits per heavy atom. The molecule has 1 heterocycles. The van der Waals surface area contributed by atoms with Crippen molar-refractivity contribution in [3.05, 3.63) is 288 Å². The first kappa shape index (κ1) is 41.8. The zero-order chi connectivity index (χ0) is 48.6. The predicted molar refractivity (Wildman–Crippen MR) is 305 cm³/mol. The van der Waals surface area contributed by atoms with Crippen LogP contribution in [0, 0.1) is 6.92 Å². The van der Waals surface area contributed by atoms with Gasteiger partial charge in [0, 0.05) is 38.9 Å². The van der Waals surface area contributed by atoms with Crippen molar-refractivity contribution in [1.29, 1.82) is 0 Å². The minimum Gasteiger partial charge on any atom is -0.310 e. The minimum atomic E-state index is -0.389. The predicted octanol–water partition coefficient (Wildman–Crippen LogP) is 18.5. The number of para-hydroxylation sites is 1. The average molecular weight is 931 g/mol. The van der Waals surface area contributed by atoms with Crippen LogP contribution >= 0.6 is 0 Å². The Hall–Kier alpha value is -8.98. The van der Waals surface area contributed by atoms with Crippen LogP contribution in [0.5, 0.6) is 0 Å². The van der Waals surface area contributed by atoms with Crippen LogP contribution in [0.1, 0.15) is 52.8 Å². The van der Waals surface area contributed by atoms with Gasteiger partial charge in [0.15, 0.2) is 0 Å². The summed E-state index contributed by atoms with van der Waals surface area (Å²) in [5.74, 6) is 0. The summed E-state index contributed by atoms with van der Waals surface area (Å²) in [6.07, 6.45) is 0. The Morgan fingerprint density at radius 1 is 0.315 bits per heavy atom. The Morgan fingerprint density at radius 3 is 1.29 bits per heavy atom. The van der Waals surface area contributed by atoms with Crippen molar-refractivity contribution in [2.24, 2.45) is 0 Å². The van der Waals surface area contributed by atoms with Crippen LogP contribution in [0.15, 0.2) is 249 Å². The molecule has 0 N–H and O–H groups in total. The van der Waals surface area contributed by atoms with E-state index in [0.717, 1.165) is 22.7 Å². The number of benzene rings is 11. The summed E-state index contributed by atoms with van der Waals surface area (Å²) in [6.45, 7) is 6.91. The largest absolute Gasteiger partial charge is 0.310 e. The Labute approximate surface area is 426 Å². The van der Waals surface area contributed by atoms with E-state index >= 15 is 0 Å². The van der Waals surface area contributed by atoms with Crippen LogP contribution in [-0.4, -0.2) is 4.57 Å². The quantitative estimate of drug-likeness (QED) is 0.161. The number of nitrogens with zero attached hydrogens (tertiary/aromatic N) is 2. The molecule has 0 unspecified atom stereocenters. The lowest BCUT2D eigenvalue weighted by Gasteiger charge is -2.30. The van der Waals surface area contributed by atoms with E-state index < -0.39 is 0 Å². The van der Waals surface area contributed by atoms with Gasteiger partial charge in [0.1, 0.15) is 0 Å². The molecule has 0 amide bonds. The van der Waals surface area contributed by atoms with E-state index in [9.17, 15) is 0 Å². The summed E-state index contributed by atoms with van der Waals surface area (Å²) >= 11 is 0. The van der Waals surface area contributed by atoms with Crippen molar-refractivity contribution in [3.8, 4) is 61.3 Å². The number of rotatable bonds is 6. The smallest absolute Gasteiger partial charge is 0.0725 e. The van der Waals surface area contributed by atoms with Gasteiger partial charge < -0.3 is 9.47 Å². The fraction of sp³-hybridized carbons (Fsp3) is 0.0704. The van der Waals surface area contributed by atoms with Gasteiger partial charge in [-0.3, -0.25) is 0 Å². The van der Waals surface area contributed by atoms with Gasteiger partial charge in [0.05, 0.1) is 16.4 Å². The van der Waals surface area contributed by atoms with Gasteiger partial charge in [0.2, 0.25) is 0 Å². The second-order valence-electron chi connectivity index (χ2n) is 20.9. The number of hydrogen-bond acceptors (Lipinski definition) is 1. The average Bonchev–Trinajstić information content (AvgIpc) is 4.11. The topological polar surface area (TPSA) is 8.17 Å². The standard InChI is InChI=1S/C71H50N2/c1-45-25-39-68-60(41-45)61-44-53(36-40-69(61)73(68)50-15-5-4-6-16-50)72(51-32-26-46(27-33-51)48-30-37-58-54-17-7-11-21-62(54)70(2,3)66(58)42-48)52-34-28-47(29-35-52)49-31-38-59-57-20-10-14-24-65(57)71(67(59)43-49)63-22-12-8-18-55(63)56-19-9-13-23-64(56)71/h4-44H,1-3H3. The molecule has 1 aromatic heterocycles. The number of anilines is 3. The molecule has 0 atom stereocenters. The summed E-state index contributed by atoms with van der Waals surface area (Å²) in [4.78, 5) is 2.43. The summed E-state index contributed by atoms with van der Waals surface area (Å²) in [5, 5.41) is 2.47. The van der Waals surface area contributed by atoms with E-state index in [2.05, 4.69) is 279 Å². The zero-order valence-electron chi connectivity index (χ0n) is 41.1. The van der Waals surface area contributed by atoms with Crippen molar-refractivity contribution in [1.82, 2.24) is 4.57 Å². The summed E-state index contributed by atoms with van der Waals surface area (Å²) < 4.78 is 2.40. The van der Waals surface area contributed by atoms with E-state index in [1.807, 2.05) is 0 Å². The molecule has 2 nitrogen and oxygen atoms in total. The third-order valence-corrected chi connectivity index (χ3v) is 16.7. The highest BCUT2D eigenvalue weighted by Crippen LogP contribution is 2.63. The normalized spacial score (nSPS) is 13.9. The maximum Gasteiger partial charge on any atom is 0.0725 e. The van der Waals surface area contributed by atoms with Gasteiger partial charge in [-0.05, 0) is 175 Å². The number of hydrogen-bond donors (Lipinski definition) is 0. The van der Waals surface area contributed by atoms with Crippen molar-refractivity contribution < 1.29 is 0 Å². The zero-order valence-corrected chi connectivity index (χ0v) is 41.1. The highest BCUT2D eigenvalue weighted by atomic mass is 15.1. The van der Waals surface area contributed by atoms with E-state index in [-0.39, 0.29) is 10.8 Å². The fourth-order valence-electron chi connectivity index (χ4n) is 13.3. The van der Waals surface area contributed by atoms with E-state index in [1.165, 1.54) is 116 Å². The molecule has 0 radical (unpaired) electrons. The van der Waals surface area contributed by atoms with Gasteiger partial charge in [0.25, 0.3) is 0 Å². The molecule has 11 aromatic carbocycles. The number of fused-ring (bicyclic) bond motifs is 16. The summed E-state index contributed by atoms with van der Waals surface area (Å²) in [7, 11) is 0. The molecule has 0 saturated heterocycles. The van der Waals surface area contributed by atoms with Gasteiger partial charge in [-0.2, -0.15) is 0 Å². The Bertz CT molecular complexity index is 4160. The minimum absolute atomic E-state index is 0.0643. The van der Waals surface area contributed by atoms with Crippen molar-refractivity contribution in [3.63, 3.8) is 0 Å². The fourth-order valence-corrected chi connectivity index (χ4v) is 13.3. The SMILES string of the molecule is Cc1ccc2c(c1)c1cc(N(c3ccc(-c4ccc5c(c4)C(C)(C)c4ccccc4-5)cc3)c3ccc(-c4ccc5c(c4)C4(c6ccccc6-c6ccccc64)c4ccccc4-5)cc3)ccc1n2-c1ccccc1. The first-order chi connectivity index (χ1) is 35.9. The van der Waals surface area contributed by atoms with Crippen LogP contribution in [0.2, 0.25) is 0 Å². The van der Waals surface area contributed by atoms with Crippen molar-refractivity contribution >= 4 is 38.9 Å². The number of aryl methyl sites for hydroxylation is 1. The molecule has 73 heavy (non-hydrogen) atoms. The maximum absolute atomic E-state index is 2.48. The van der Waals surface area contributed by atoms with Crippen LogP contribution in [0.25, 0.3) is 83.1 Å². The molecule has 12 aromatic rings. The highest BCUT2D eigenvalue weighted by molar-refractivity contribution is 6.11. The molecule has 3 aliphatic carbocycles. The summed E-state index contributed by atoms with van der Waals surface area (Å²) in [5.41, 5.74) is 28.7. The molecular weight excluding hydrogens is 881 g/mol. The van der Waals surface area contributed by atoms with Gasteiger partial charge in [-0.15, -0.1) is 0 Å². The molecule has 0 fully saturated rings. The molecule has 0 bridgehead atoms. The van der Waals surface area contributed by atoms with Gasteiger partial charge in [-0.1, -0.05) is 189 Å². The molecular formula is C71H50N2. The second-order valence-corrected chi connectivity index (χ2v) is 20.9. The highest BCUT2D eigenvalue weighted by Gasteiger charge is 2.51. The van der Waals surface area contributed by atoms with E-state index in [1.54, 1.807) is 0 Å². The molecule has 3 aliphatic rings. The molecule has 344 valence electrons. The first-order valence-corrected chi connectivity index (χ1v) is 25.7. The molecule has 0 saturated carbocycles. The third kappa shape index (κ3) is 5.92. The van der Waals surface area contributed by atoms with Crippen LogP contribution < -0.4 is 4.90 Å².